The molecule has 2 nitrogen and oxygen atoms in total. The maximum atomic E-state index is 6.32. The Balaban J connectivity index is 1.81. The summed E-state index contributed by atoms with van der Waals surface area (Å²) in [6.07, 6.45) is 0.812. The minimum atomic E-state index is 0.564. The SMILES string of the molecule is Clc1ccc(I)cc1-c1nc2cccc(Cc3ccccc3)c2o1. The summed E-state index contributed by atoms with van der Waals surface area (Å²) in [5, 5.41) is 0.645. The van der Waals surface area contributed by atoms with Crippen LogP contribution < -0.4 is 0 Å². The van der Waals surface area contributed by atoms with Crippen LogP contribution in [-0.2, 0) is 6.42 Å². The molecule has 0 radical (unpaired) electrons. The summed E-state index contributed by atoms with van der Waals surface area (Å²) in [5.41, 5.74) is 4.87. The average molecular weight is 446 g/mol. The maximum Gasteiger partial charge on any atom is 0.228 e. The Morgan fingerprint density at radius 1 is 0.958 bits per heavy atom. The van der Waals surface area contributed by atoms with Gasteiger partial charge in [-0.2, -0.15) is 0 Å². The van der Waals surface area contributed by atoms with Gasteiger partial charge in [-0.15, -0.1) is 0 Å². The summed E-state index contributed by atoms with van der Waals surface area (Å²) < 4.78 is 7.19. The van der Waals surface area contributed by atoms with Crippen LogP contribution in [-0.4, -0.2) is 4.98 Å². The van der Waals surface area contributed by atoms with Crippen molar-refractivity contribution in [1.29, 1.82) is 0 Å². The van der Waals surface area contributed by atoms with Crippen LogP contribution in [0.2, 0.25) is 5.02 Å². The van der Waals surface area contributed by atoms with Gasteiger partial charge in [0.15, 0.2) is 5.58 Å². The molecule has 0 saturated carbocycles. The number of rotatable bonds is 3. The van der Waals surface area contributed by atoms with Crippen molar-refractivity contribution in [2.75, 3.05) is 0 Å². The van der Waals surface area contributed by atoms with Gasteiger partial charge in [0.05, 0.1) is 10.6 Å². The number of aromatic nitrogens is 1. The maximum absolute atomic E-state index is 6.32. The van der Waals surface area contributed by atoms with Gasteiger partial charge in [-0.3, -0.25) is 0 Å². The highest BCUT2D eigenvalue weighted by Crippen LogP contribution is 2.32. The van der Waals surface area contributed by atoms with Crippen molar-refractivity contribution in [3.63, 3.8) is 0 Å². The monoisotopic (exact) mass is 445 g/mol. The molecule has 0 aliphatic heterocycles. The summed E-state index contributed by atoms with van der Waals surface area (Å²) in [7, 11) is 0. The molecule has 0 fully saturated rings. The number of oxazole rings is 1. The third-order valence-corrected chi connectivity index (χ3v) is 4.89. The molecule has 0 amide bonds. The van der Waals surface area contributed by atoms with Gasteiger partial charge >= 0.3 is 0 Å². The van der Waals surface area contributed by atoms with Crippen LogP contribution in [0.5, 0.6) is 0 Å². The number of halogens is 2. The molecule has 0 unspecified atom stereocenters. The molecule has 118 valence electrons. The van der Waals surface area contributed by atoms with Crippen LogP contribution >= 0.6 is 34.2 Å². The quantitative estimate of drug-likeness (QED) is 0.344. The number of hydrogen-bond donors (Lipinski definition) is 0. The summed E-state index contributed by atoms with van der Waals surface area (Å²) in [4.78, 5) is 4.63. The number of hydrogen-bond acceptors (Lipinski definition) is 2. The van der Waals surface area contributed by atoms with Crippen molar-refractivity contribution < 1.29 is 4.42 Å². The van der Waals surface area contributed by atoms with Gasteiger partial charge < -0.3 is 4.42 Å². The Bertz CT molecular complexity index is 1010. The smallest absolute Gasteiger partial charge is 0.228 e. The molecule has 0 aliphatic carbocycles. The first-order valence-electron chi connectivity index (χ1n) is 7.58. The van der Waals surface area contributed by atoms with Crippen molar-refractivity contribution in [2.45, 2.75) is 6.42 Å². The van der Waals surface area contributed by atoms with E-state index in [-0.39, 0.29) is 0 Å². The molecule has 0 saturated heterocycles. The standard InChI is InChI=1S/C20H13ClINO/c21-17-10-9-15(22)12-16(17)20-23-18-8-4-7-14(19(18)24-20)11-13-5-2-1-3-6-13/h1-10,12H,11H2. The summed E-state index contributed by atoms with van der Waals surface area (Å²) in [5.74, 6) is 0.564. The fourth-order valence-corrected chi connectivity index (χ4v) is 3.43. The van der Waals surface area contributed by atoms with Gasteiger partial charge in [0.1, 0.15) is 5.52 Å². The lowest BCUT2D eigenvalue weighted by atomic mass is 10.0. The molecule has 0 N–H and O–H groups in total. The van der Waals surface area contributed by atoms with E-state index in [1.165, 1.54) is 5.56 Å². The summed E-state index contributed by atoms with van der Waals surface area (Å²) in [6.45, 7) is 0. The fourth-order valence-electron chi connectivity index (χ4n) is 2.74. The molecular weight excluding hydrogens is 433 g/mol. The largest absolute Gasteiger partial charge is 0.436 e. The first-order chi connectivity index (χ1) is 11.7. The van der Waals surface area contributed by atoms with Crippen LogP contribution in [0.3, 0.4) is 0 Å². The lowest BCUT2D eigenvalue weighted by Crippen LogP contribution is -1.87. The minimum Gasteiger partial charge on any atom is -0.436 e. The summed E-state index contributed by atoms with van der Waals surface area (Å²) in [6, 6.07) is 22.3. The molecule has 0 bridgehead atoms. The van der Waals surface area contributed by atoms with Crippen molar-refractivity contribution in [1.82, 2.24) is 4.98 Å². The van der Waals surface area contributed by atoms with Crippen molar-refractivity contribution in [2.24, 2.45) is 0 Å². The Morgan fingerprint density at radius 2 is 1.79 bits per heavy atom. The van der Waals surface area contributed by atoms with Crippen molar-refractivity contribution in [3.05, 3.63) is 86.4 Å². The zero-order valence-corrected chi connectivity index (χ0v) is 15.6. The predicted octanol–water partition coefficient (Wildman–Crippen LogP) is 6.34. The normalized spacial score (nSPS) is 11.1. The second-order valence-corrected chi connectivity index (χ2v) is 7.22. The highest BCUT2D eigenvalue weighted by Gasteiger charge is 2.14. The molecule has 0 atom stereocenters. The highest BCUT2D eigenvalue weighted by atomic mass is 127. The first-order valence-corrected chi connectivity index (χ1v) is 9.04. The van der Waals surface area contributed by atoms with Crippen LogP contribution in [0.4, 0.5) is 0 Å². The molecule has 1 aromatic heterocycles. The average Bonchev–Trinajstić information content (AvgIpc) is 3.03. The molecule has 4 heteroatoms. The Labute approximate surface area is 158 Å². The topological polar surface area (TPSA) is 26.0 Å². The fraction of sp³-hybridized carbons (Fsp3) is 0.0500. The third-order valence-electron chi connectivity index (χ3n) is 3.89. The molecule has 24 heavy (non-hydrogen) atoms. The predicted molar refractivity (Wildman–Crippen MR) is 106 cm³/mol. The first kappa shape index (κ1) is 15.7. The lowest BCUT2D eigenvalue weighted by molar-refractivity contribution is 0.616. The molecule has 1 heterocycles. The van der Waals surface area contributed by atoms with E-state index >= 15 is 0 Å². The molecule has 3 aromatic carbocycles. The zero-order chi connectivity index (χ0) is 16.5. The van der Waals surface area contributed by atoms with Crippen molar-refractivity contribution in [3.8, 4) is 11.5 Å². The van der Waals surface area contributed by atoms with Gasteiger partial charge in [0.25, 0.3) is 0 Å². The molecule has 4 aromatic rings. The van der Waals surface area contributed by atoms with Gasteiger partial charge in [-0.1, -0.05) is 54.1 Å². The lowest BCUT2D eigenvalue weighted by Gasteiger charge is -2.02. The molecule has 0 spiro atoms. The second-order valence-electron chi connectivity index (χ2n) is 5.57. The van der Waals surface area contributed by atoms with Gasteiger partial charge in [0, 0.05) is 15.6 Å². The van der Waals surface area contributed by atoms with E-state index in [0.717, 1.165) is 32.2 Å². The number of fused-ring (bicyclic) bond motifs is 1. The van der Waals surface area contributed by atoms with Crippen LogP contribution in [0.1, 0.15) is 11.1 Å². The Hall–Kier alpha value is -1.85. The molecule has 4 rings (SSSR count). The van der Waals surface area contributed by atoms with Gasteiger partial charge in [0.2, 0.25) is 5.89 Å². The zero-order valence-electron chi connectivity index (χ0n) is 12.7. The summed E-state index contributed by atoms with van der Waals surface area (Å²) >= 11 is 8.59. The van der Waals surface area contributed by atoms with E-state index < -0.39 is 0 Å². The third kappa shape index (κ3) is 3.06. The number of nitrogens with zero attached hydrogens (tertiary/aromatic N) is 1. The van der Waals surface area contributed by atoms with E-state index in [2.05, 4.69) is 45.8 Å². The molecular formula is C20H13ClINO. The van der Waals surface area contributed by atoms with Crippen LogP contribution in [0.15, 0.2) is 71.1 Å². The number of para-hydroxylation sites is 1. The van der Waals surface area contributed by atoms with E-state index in [9.17, 15) is 0 Å². The minimum absolute atomic E-state index is 0.564. The van der Waals surface area contributed by atoms with Crippen LogP contribution in [0, 0.1) is 3.57 Å². The highest BCUT2D eigenvalue weighted by molar-refractivity contribution is 14.1. The second kappa shape index (κ2) is 6.57. The van der Waals surface area contributed by atoms with E-state index in [1.54, 1.807) is 0 Å². The van der Waals surface area contributed by atoms with E-state index in [1.807, 2.05) is 48.5 Å². The number of benzene rings is 3. The van der Waals surface area contributed by atoms with Gasteiger partial charge in [-0.05, 0) is 52.4 Å². The Kier molecular flexibility index (Phi) is 4.29. The van der Waals surface area contributed by atoms with E-state index in [4.69, 9.17) is 16.0 Å². The molecule has 0 aliphatic rings. The Morgan fingerprint density at radius 3 is 2.62 bits per heavy atom. The van der Waals surface area contributed by atoms with Crippen LogP contribution in [0.25, 0.3) is 22.6 Å². The van der Waals surface area contributed by atoms with E-state index in [0.29, 0.717) is 10.9 Å². The van der Waals surface area contributed by atoms with Crippen molar-refractivity contribution >= 4 is 45.3 Å². The van der Waals surface area contributed by atoms with Gasteiger partial charge in [-0.25, -0.2) is 4.98 Å².